The molecule has 3 rings (SSSR count). The van der Waals surface area contributed by atoms with Gasteiger partial charge in [0.05, 0.1) is 25.3 Å². The Kier molecular flexibility index (Phi) is 7.00. The van der Waals surface area contributed by atoms with Gasteiger partial charge in [0.2, 0.25) is 5.91 Å². The SMILES string of the molecule is COCCNC(=O)c1cn([C@@H]2CCCN(C(=O)Cc3ccccc3Cl)C2)nn1. The first-order chi connectivity index (χ1) is 13.6. The predicted octanol–water partition coefficient (Wildman–Crippen LogP) is 1.71. The maximum atomic E-state index is 12.7. The van der Waals surface area contributed by atoms with Gasteiger partial charge in [-0.3, -0.25) is 9.59 Å². The third kappa shape index (κ3) is 5.08. The highest BCUT2D eigenvalue weighted by atomic mass is 35.5. The largest absolute Gasteiger partial charge is 0.383 e. The van der Waals surface area contributed by atoms with Gasteiger partial charge in [-0.15, -0.1) is 5.10 Å². The molecule has 0 radical (unpaired) electrons. The average Bonchev–Trinajstić information content (AvgIpc) is 3.20. The Hall–Kier alpha value is -2.45. The predicted molar refractivity (Wildman–Crippen MR) is 104 cm³/mol. The zero-order valence-corrected chi connectivity index (χ0v) is 16.6. The molecule has 2 heterocycles. The Morgan fingerprint density at radius 1 is 1.36 bits per heavy atom. The number of methoxy groups -OCH3 is 1. The fraction of sp³-hybridized carbons (Fsp3) is 0.474. The van der Waals surface area contributed by atoms with E-state index >= 15 is 0 Å². The van der Waals surface area contributed by atoms with Crippen LogP contribution in [0.2, 0.25) is 5.02 Å². The van der Waals surface area contributed by atoms with Gasteiger partial charge in [0.15, 0.2) is 5.69 Å². The summed E-state index contributed by atoms with van der Waals surface area (Å²) in [6, 6.07) is 7.38. The van der Waals surface area contributed by atoms with E-state index in [1.165, 1.54) is 0 Å². The molecule has 0 saturated carbocycles. The van der Waals surface area contributed by atoms with Crippen LogP contribution in [0.4, 0.5) is 0 Å². The van der Waals surface area contributed by atoms with Crippen LogP contribution in [0.15, 0.2) is 30.5 Å². The van der Waals surface area contributed by atoms with E-state index in [2.05, 4.69) is 15.6 Å². The van der Waals surface area contributed by atoms with E-state index < -0.39 is 0 Å². The Morgan fingerprint density at radius 3 is 2.96 bits per heavy atom. The molecule has 2 aromatic rings. The number of nitrogens with zero attached hydrogens (tertiary/aromatic N) is 4. The molecular formula is C19H24ClN5O3. The molecule has 1 aromatic carbocycles. The fourth-order valence-electron chi connectivity index (χ4n) is 3.23. The van der Waals surface area contributed by atoms with Crippen molar-refractivity contribution in [1.29, 1.82) is 0 Å². The molecule has 1 atom stereocenters. The molecule has 2 amide bonds. The summed E-state index contributed by atoms with van der Waals surface area (Å²) in [5.74, 6) is -0.249. The van der Waals surface area contributed by atoms with Crippen LogP contribution >= 0.6 is 11.6 Å². The number of piperidine rings is 1. The first-order valence-corrected chi connectivity index (χ1v) is 9.66. The first kappa shape index (κ1) is 20.3. The van der Waals surface area contributed by atoms with Crippen molar-refractivity contribution in [3.8, 4) is 0 Å². The summed E-state index contributed by atoms with van der Waals surface area (Å²) < 4.78 is 6.59. The van der Waals surface area contributed by atoms with Crippen LogP contribution in [0.1, 0.15) is 34.9 Å². The highest BCUT2D eigenvalue weighted by Gasteiger charge is 2.26. The van der Waals surface area contributed by atoms with Gasteiger partial charge in [-0.1, -0.05) is 35.0 Å². The number of benzene rings is 1. The van der Waals surface area contributed by atoms with Crippen LogP contribution in [0.5, 0.6) is 0 Å². The number of carbonyl (C=O) groups excluding carboxylic acids is 2. The number of likely N-dealkylation sites (tertiary alicyclic amines) is 1. The Morgan fingerprint density at radius 2 is 2.18 bits per heavy atom. The second kappa shape index (κ2) is 9.66. The number of carbonyl (C=O) groups is 2. The minimum atomic E-state index is -0.286. The van der Waals surface area contributed by atoms with Crippen molar-refractivity contribution in [3.05, 3.63) is 46.7 Å². The van der Waals surface area contributed by atoms with Crippen molar-refractivity contribution in [2.75, 3.05) is 33.4 Å². The minimum Gasteiger partial charge on any atom is -0.383 e. The minimum absolute atomic E-state index is 0.00281. The van der Waals surface area contributed by atoms with E-state index in [1.54, 1.807) is 24.1 Å². The third-order valence-electron chi connectivity index (χ3n) is 4.76. The van der Waals surface area contributed by atoms with Gasteiger partial charge in [0, 0.05) is 31.8 Å². The molecule has 1 fully saturated rings. The number of ether oxygens (including phenoxy) is 1. The molecule has 0 bridgehead atoms. The zero-order chi connectivity index (χ0) is 19.9. The summed E-state index contributed by atoms with van der Waals surface area (Å²) in [5.41, 5.74) is 1.09. The second-order valence-electron chi connectivity index (χ2n) is 6.74. The van der Waals surface area contributed by atoms with Gasteiger partial charge in [-0.05, 0) is 24.5 Å². The van der Waals surface area contributed by atoms with Gasteiger partial charge < -0.3 is 15.0 Å². The molecule has 8 nitrogen and oxygen atoms in total. The molecule has 1 aliphatic heterocycles. The topological polar surface area (TPSA) is 89.4 Å². The maximum absolute atomic E-state index is 12.7. The van der Waals surface area contributed by atoms with Crippen molar-refractivity contribution < 1.29 is 14.3 Å². The quantitative estimate of drug-likeness (QED) is 0.708. The normalized spacial score (nSPS) is 16.8. The van der Waals surface area contributed by atoms with Crippen LogP contribution in [-0.2, 0) is 16.0 Å². The molecule has 1 aliphatic rings. The van der Waals surface area contributed by atoms with Crippen LogP contribution in [0, 0.1) is 0 Å². The molecule has 0 aliphatic carbocycles. The molecule has 9 heteroatoms. The molecule has 1 saturated heterocycles. The van der Waals surface area contributed by atoms with Crippen molar-refractivity contribution in [3.63, 3.8) is 0 Å². The van der Waals surface area contributed by atoms with Crippen molar-refractivity contribution in [2.24, 2.45) is 0 Å². The van der Waals surface area contributed by atoms with Crippen LogP contribution in [0.3, 0.4) is 0 Å². The lowest BCUT2D eigenvalue weighted by Crippen LogP contribution is -2.41. The number of nitrogens with one attached hydrogen (secondary N) is 1. The number of hydrogen-bond donors (Lipinski definition) is 1. The Balaban J connectivity index is 1.59. The average molecular weight is 406 g/mol. The van der Waals surface area contributed by atoms with Crippen LogP contribution < -0.4 is 5.32 Å². The monoisotopic (exact) mass is 405 g/mol. The summed E-state index contributed by atoms with van der Waals surface area (Å²) in [5, 5.41) is 11.4. The molecule has 28 heavy (non-hydrogen) atoms. The number of halogens is 1. The summed E-state index contributed by atoms with van der Waals surface area (Å²) in [7, 11) is 1.57. The van der Waals surface area contributed by atoms with E-state index in [1.807, 2.05) is 23.1 Å². The van der Waals surface area contributed by atoms with Gasteiger partial charge in [0.1, 0.15) is 0 Å². The number of rotatable bonds is 7. The molecule has 1 aromatic heterocycles. The molecule has 1 N–H and O–H groups in total. The number of hydrogen-bond acceptors (Lipinski definition) is 5. The number of amides is 2. The Bertz CT molecular complexity index is 825. The lowest BCUT2D eigenvalue weighted by atomic mass is 10.0. The number of aromatic nitrogens is 3. The smallest absolute Gasteiger partial charge is 0.273 e. The van der Waals surface area contributed by atoms with Crippen molar-refractivity contribution >= 4 is 23.4 Å². The van der Waals surface area contributed by atoms with Gasteiger partial charge in [-0.2, -0.15) is 0 Å². The van der Waals surface area contributed by atoms with E-state index in [4.69, 9.17) is 16.3 Å². The van der Waals surface area contributed by atoms with Gasteiger partial charge >= 0.3 is 0 Å². The summed E-state index contributed by atoms with van der Waals surface area (Å²) in [6.07, 6.45) is 3.66. The zero-order valence-electron chi connectivity index (χ0n) is 15.8. The van der Waals surface area contributed by atoms with E-state index in [-0.39, 0.29) is 30.0 Å². The van der Waals surface area contributed by atoms with E-state index in [0.717, 1.165) is 18.4 Å². The highest BCUT2D eigenvalue weighted by molar-refractivity contribution is 6.31. The van der Waals surface area contributed by atoms with Crippen molar-refractivity contribution in [2.45, 2.75) is 25.3 Å². The van der Waals surface area contributed by atoms with E-state index in [0.29, 0.717) is 31.3 Å². The van der Waals surface area contributed by atoms with Crippen LogP contribution in [0.25, 0.3) is 0 Å². The Labute approximate surface area is 168 Å². The molecule has 0 unspecified atom stereocenters. The lowest BCUT2D eigenvalue weighted by Gasteiger charge is -2.32. The standard InChI is InChI=1S/C19H24ClN5O3/c1-28-10-8-21-19(27)17-13-25(23-22-17)15-6-4-9-24(12-15)18(26)11-14-5-2-3-7-16(14)20/h2-3,5,7,13,15H,4,6,8-12H2,1H3,(H,21,27)/t15-/m1/s1. The van der Waals surface area contributed by atoms with Crippen LogP contribution in [-0.4, -0.2) is 65.1 Å². The molecule has 0 spiro atoms. The van der Waals surface area contributed by atoms with Gasteiger partial charge in [-0.25, -0.2) is 4.68 Å². The lowest BCUT2D eigenvalue weighted by molar-refractivity contribution is -0.132. The fourth-order valence-corrected chi connectivity index (χ4v) is 3.43. The molecular weight excluding hydrogens is 382 g/mol. The highest BCUT2D eigenvalue weighted by Crippen LogP contribution is 2.23. The summed E-state index contributed by atoms with van der Waals surface area (Å²) >= 11 is 6.17. The third-order valence-corrected chi connectivity index (χ3v) is 5.13. The second-order valence-corrected chi connectivity index (χ2v) is 7.14. The van der Waals surface area contributed by atoms with E-state index in [9.17, 15) is 9.59 Å². The summed E-state index contributed by atoms with van der Waals surface area (Å²) in [6.45, 7) is 2.09. The first-order valence-electron chi connectivity index (χ1n) is 9.28. The molecule has 150 valence electrons. The van der Waals surface area contributed by atoms with Crippen molar-refractivity contribution in [1.82, 2.24) is 25.2 Å². The summed E-state index contributed by atoms with van der Waals surface area (Å²) in [4.78, 5) is 26.6. The van der Waals surface area contributed by atoms with Gasteiger partial charge in [0.25, 0.3) is 5.91 Å². The maximum Gasteiger partial charge on any atom is 0.273 e.